The van der Waals surface area contributed by atoms with E-state index in [1.54, 1.807) is 0 Å². The zero-order valence-electron chi connectivity index (χ0n) is 13.0. The van der Waals surface area contributed by atoms with Crippen molar-refractivity contribution < 1.29 is 4.79 Å². The highest BCUT2D eigenvalue weighted by molar-refractivity contribution is 5.92. The van der Waals surface area contributed by atoms with Crippen LogP contribution >= 0.6 is 0 Å². The van der Waals surface area contributed by atoms with E-state index in [1.807, 2.05) is 35.2 Å². The molecule has 0 unspecified atom stereocenters. The van der Waals surface area contributed by atoms with Gasteiger partial charge in [0.25, 0.3) is 0 Å². The number of carbonyl (C=O) groups is 1. The molecule has 0 fully saturated rings. The molecular formula is C19H22N2O. The molecule has 1 aliphatic rings. The zero-order valence-corrected chi connectivity index (χ0v) is 13.0. The maximum Gasteiger partial charge on any atom is 0.322 e. The largest absolute Gasteiger partial charge is 0.334 e. The van der Waals surface area contributed by atoms with Gasteiger partial charge in [-0.05, 0) is 48.9 Å². The lowest BCUT2D eigenvalue weighted by Gasteiger charge is -2.23. The summed E-state index contributed by atoms with van der Waals surface area (Å²) in [6.07, 6.45) is 3.24. The molecular weight excluding hydrogens is 272 g/mol. The first kappa shape index (κ1) is 14.6. The first-order chi connectivity index (χ1) is 10.8. The molecule has 0 radical (unpaired) electrons. The smallest absolute Gasteiger partial charge is 0.322 e. The fourth-order valence-corrected chi connectivity index (χ4v) is 2.98. The maximum atomic E-state index is 12.6. The topological polar surface area (TPSA) is 32.3 Å². The minimum absolute atomic E-state index is 0.00222. The number of benzene rings is 2. The molecule has 22 heavy (non-hydrogen) atoms. The number of hydrogen-bond donors (Lipinski definition) is 1. The Morgan fingerprint density at radius 3 is 2.73 bits per heavy atom. The van der Waals surface area contributed by atoms with Gasteiger partial charge in [-0.1, -0.05) is 42.5 Å². The molecule has 0 aliphatic carbocycles. The van der Waals surface area contributed by atoms with Gasteiger partial charge in [-0.3, -0.25) is 4.90 Å². The third-order valence-electron chi connectivity index (χ3n) is 4.30. The monoisotopic (exact) mass is 294 g/mol. The quantitative estimate of drug-likeness (QED) is 0.890. The first-order valence-electron chi connectivity index (χ1n) is 7.93. The third-order valence-corrected chi connectivity index (χ3v) is 4.30. The molecule has 0 aromatic heterocycles. The number of fused-ring (bicyclic) bond motifs is 1. The van der Waals surface area contributed by atoms with Gasteiger partial charge in [0.05, 0.1) is 0 Å². The summed E-state index contributed by atoms with van der Waals surface area (Å²) in [6, 6.07) is 16.4. The lowest BCUT2D eigenvalue weighted by molar-refractivity contribution is 0.246. The van der Waals surface area contributed by atoms with Crippen molar-refractivity contribution in [2.24, 2.45) is 0 Å². The molecule has 0 saturated carbocycles. The van der Waals surface area contributed by atoms with Gasteiger partial charge in [0.1, 0.15) is 0 Å². The Labute approximate surface area is 132 Å². The van der Waals surface area contributed by atoms with Crippen LogP contribution in [0.2, 0.25) is 0 Å². The number of urea groups is 1. The van der Waals surface area contributed by atoms with Crippen LogP contribution < -0.4 is 10.2 Å². The molecule has 0 atom stereocenters. The van der Waals surface area contributed by atoms with Crippen LogP contribution in [0.1, 0.15) is 29.5 Å². The summed E-state index contributed by atoms with van der Waals surface area (Å²) in [5.74, 6) is 0. The van der Waals surface area contributed by atoms with Crippen LogP contribution in [-0.2, 0) is 13.0 Å². The minimum atomic E-state index is -0.00222. The minimum Gasteiger partial charge on any atom is -0.334 e. The number of amides is 2. The molecule has 3 rings (SSSR count). The van der Waals surface area contributed by atoms with Crippen molar-refractivity contribution in [3.8, 4) is 0 Å². The molecule has 0 saturated heterocycles. The standard InChI is InChI=1S/C19H22N2O/c1-15-8-2-3-11-17(15)14-20-19(22)21-13-7-6-10-16-9-4-5-12-18(16)21/h2-5,8-9,11-12H,6-7,10,13-14H2,1H3,(H,20,22). The van der Waals surface area contributed by atoms with Crippen LogP contribution in [0.5, 0.6) is 0 Å². The van der Waals surface area contributed by atoms with Crippen molar-refractivity contribution in [2.75, 3.05) is 11.4 Å². The fraction of sp³-hybridized carbons (Fsp3) is 0.316. The van der Waals surface area contributed by atoms with Gasteiger partial charge < -0.3 is 5.32 Å². The Bertz CT molecular complexity index is 666. The average molecular weight is 294 g/mol. The molecule has 2 aromatic rings. The summed E-state index contributed by atoms with van der Waals surface area (Å²) in [5, 5.41) is 3.07. The van der Waals surface area contributed by atoms with Crippen molar-refractivity contribution in [1.29, 1.82) is 0 Å². The number of aryl methyl sites for hydroxylation is 2. The highest BCUT2D eigenvalue weighted by Crippen LogP contribution is 2.26. The van der Waals surface area contributed by atoms with Gasteiger partial charge in [0, 0.05) is 18.8 Å². The van der Waals surface area contributed by atoms with Gasteiger partial charge in [-0.25, -0.2) is 4.79 Å². The van der Waals surface area contributed by atoms with Crippen LogP contribution in [0.25, 0.3) is 0 Å². The lowest BCUT2D eigenvalue weighted by Crippen LogP contribution is -2.40. The second kappa shape index (κ2) is 6.65. The van der Waals surface area contributed by atoms with Crippen LogP contribution in [0.4, 0.5) is 10.5 Å². The van der Waals surface area contributed by atoms with Crippen molar-refractivity contribution >= 4 is 11.7 Å². The van der Waals surface area contributed by atoms with Crippen LogP contribution in [0.15, 0.2) is 48.5 Å². The Hall–Kier alpha value is -2.29. The second-order valence-corrected chi connectivity index (χ2v) is 5.82. The van der Waals surface area contributed by atoms with E-state index in [1.165, 1.54) is 16.7 Å². The number of hydrogen-bond acceptors (Lipinski definition) is 1. The number of rotatable bonds is 2. The molecule has 0 spiro atoms. The summed E-state index contributed by atoms with van der Waals surface area (Å²) in [7, 11) is 0. The summed E-state index contributed by atoms with van der Waals surface area (Å²) in [6.45, 7) is 3.43. The molecule has 0 bridgehead atoms. The van der Waals surface area contributed by atoms with Crippen molar-refractivity contribution in [2.45, 2.75) is 32.7 Å². The summed E-state index contributed by atoms with van der Waals surface area (Å²) in [5.41, 5.74) is 4.70. The Morgan fingerprint density at radius 2 is 1.86 bits per heavy atom. The predicted molar refractivity (Wildman–Crippen MR) is 90.1 cm³/mol. The molecule has 3 nitrogen and oxygen atoms in total. The van der Waals surface area contributed by atoms with E-state index in [9.17, 15) is 4.79 Å². The molecule has 2 aromatic carbocycles. The second-order valence-electron chi connectivity index (χ2n) is 5.82. The van der Waals surface area contributed by atoms with E-state index in [-0.39, 0.29) is 6.03 Å². The molecule has 1 heterocycles. The van der Waals surface area contributed by atoms with E-state index in [0.717, 1.165) is 31.5 Å². The third kappa shape index (κ3) is 3.14. The first-order valence-corrected chi connectivity index (χ1v) is 7.93. The molecule has 3 heteroatoms. The van der Waals surface area contributed by atoms with Crippen molar-refractivity contribution in [3.63, 3.8) is 0 Å². The molecule has 1 aliphatic heterocycles. The van der Waals surface area contributed by atoms with E-state index in [4.69, 9.17) is 0 Å². The molecule has 114 valence electrons. The Morgan fingerprint density at radius 1 is 1.09 bits per heavy atom. The lowest BCUT2D eigenvalue weighted by atomic mass is 10.1. The highest BCUT2D eigenvalue weighted by atomic mass is 16.2. The average Bonchev–Trinajstić information content (AvgIpc) is 2.76. The Kier molecular flexibility index (Phi) is 4.42. The highest BCUT2D eigenvalue weighted by Gasteiger charge is 2.20. The van der Waals surface area contributed by atoms with Gasteiger partial charge in [-0.15, -0.1) is 0 Å². The Balaban J connectivity index is 1.73. The van der Waals surface area contributed by atoms with Crippen LogP contribution in [-0.4, -0.2) is 12.6 Å². The number of para-hydroxylation sites is 1. The van der Waals surface area contributed by atoms with Gasteiger partial charge in [-0.2, -0.15) is 0 Å². The molecule has 1 N–H and O–H groups in total. The van der Waals surface area contributed by atoms with E-state index in [2.05, 4.69) is 30.4 Å². The number of carbonyl (C=O) groups excluding carboxylic acids is 1. The fourth-order valence-electron chi connectivity index (χ4n) is 2.98. The number of nitrogens with one attached hydrogen (secondary N) is 1. The van der Waals surface area contributed by atoms with E-state index < -0.39 is 0 Å². The normalized spacial score (nSPS) is 14.1. The predicted octanol–water partition coefficient (Wildman–Crippen LogP) is 4.05. The van der Waals surface area contributed by atoms with Gasteiger partial charge in [0.15, 0.2) is 0 Å². The maximum absolute atomic E-state index is 12.6. The number of nitrogens with zero attached hydrogens (tertiary/aromatic N) is 1. The van der Waals surface area contributed by atoms with Crippen molar-refractivity contribution in [3.05, 3.63) is 65.2 Å². The SMILES string of the molecule is Cc1ccccc1CNC(=O)N1CCCCc2ccccc21. The summed E-state index contributed by atoms with van der Waals surface area (Å²) in [4.78, 5) is 14.5. The van der Waals surface area contributed by atoms with Gasteiger partial charge >= 0.3 is 6.03 Å². The van der Waals surface area contributed by atoms with E-state index >= 15 is 0 Å². The van der Waals surface area contributed by atoms with Crippen LogP contribution in [0, 0.1) is 6.92 Å². The zero-order chi connectivity index (χ0) is 15.4. The van der Waals surface area contributed by atoms with Crippen LogP contribution in [0.3, 0.4) is 0 Å². The van der Waals surface area contributed by atoms with Gasteiger partial charge in [0.2, 0.25) is 0 Å². The summed E-state index contributed by atoms with van der Waals surface area (Å²) < 4.78 is 0. The molecule has 2 amide bonds. The van der Waals surface area contributed by atoms with Crippen molar-refractivity contribution in [1.82, 2.24) is 5.32 Å². The van der Waals surface area contributed by atoms with E-state index in [0.29, 0.717) is 6.54 Å². The number of anilines is 1. The summed E-state index contributed by atoms with van der Waals surface area (Å²) >= 11 is 0.